The summed E-state index contributed by atoms with van der Waals surface area (Å²) in [7, 11) is 0. The molecule has 108 valence electrons. The molecule has 1 unspecified atom stereocenters. The minimum absolute atomic E-state index is 0.120. The highest BCUT2D eigenvalue weighted by molar-refractivity contribution is 9.10. The zero-order valence-corrected chi connectivity index (χ0v) is 14.2. The first kappa shape index (κ1) is 14.6. The molecule has 0 radical (unpaired) electrons. The zero-order chi connectivity index (χ0) is 14.8. The molecule has 2 nitrogen and oxygen atoms in total. The zero-order valence-electron chi connectivity index (χ0n) is 11.8. The van der Waals surface area contributed by atoms with Gasteiger partial charge in [0.15, 0.2) is 0 Å². The standard InChI is InChI=1S/C17H17BrN2S/c1-11-6-12(18)8-13(7-11)20-16(9-19)15-10-21-17-5-3-2-4-14(15)17/h2-8,10,16,20H,9,19H2,1H3. The predicted octanol–water partition coefficient (Wildman–Crippen LogP) is 5.08. The summed E-state index contributed by atoms with van der Waals surface area (Å²) in [6.07, 6.45) is 0. The van der Waals surface area contributed by atoms with Crippen molar-refractivity contribution in [1.82, 2.24) is 0 Å². The lowest BCUT2D eigenvalue weighted by molar-refractivity contribution is 0.799. The summed E-state index contributed by atoms with van der Waals surface area (Å²) in [5.41, 5.74) is 9.59. The van der Waals surface area contributed by atoms with Crippen LogP contribution < -0.4 is 11.1 Å². The molecule has 0 spiro atoms. The SMILES string of the molecule is Cc1cc(Br)cc(NC(CN)c2csc3ccccc23)c1. The highest BCUT2D eigenvalue weighted by atomic mass is 79.9. The first-order chi connectivity index (χ1) is 10.2. The van der Waals surface area contributed by atoms with E-state index in [1.165, 1.54) is 21.2 Å². The Kier molecular flexibility index (Phi) is 4.29. The van der Waals surface area contributed by atoms with Crippen molar-refractivity contribution < 1.29 is 0 Å². The molecule has 0 saturated heterocycles. The number of hydrogen-bond donors (Lipinski definition) is 2. The van der Waals surface area contributed by atoms with Crippen LogP contribution in [0.15, 0.2) is 52.3 Å². The van der Waals surface area contributed by atoms with Crippen LogP contribution in [0.25, 0.3) is 10.1 Å². The quantitative estimate of drug-likeness (QED) is 0.680. The lowest BCUT2D eigenvalue weighted by Gasteiger charge is -2.18. The van der Waals surface area contributed by atoms with E-state index in [1.54, 1.807) is 11.3 Å². The van der Waals surface area contributed by atoms with Crippen molar-refractivity contribution in [2.24, 2.45) is 5.73 Å². The van der Waals surface area contributed by atoms with Gasteiger partial charge in [-0.3, -0.25) is 0 Å². The molecule has 0 aliphatic heterocycles. The Bertz CT molecular complexity index is 746. The predicted molar refractivity (Wildman–Crippen MR) is 96.1 cm³/mol. The number of halogens is 1. The molecular formula is C17H17BrN2S. The number of benzene rings is 2. The third-order valence-electron chi connectivity index (χ3n) is 3.51. The Morgan fingerprint density at radius 3 is 2.81 bits per heavy atom. The molecule has 2 aromatic carbocycles. The average Bonchev–Trinajstić information content (AvgIpc) is 2.87. The number of rotatable bonds is 4. The van der Waals surface area contributed by atoms with Crippen molar-refractivity contribution in [1.29, 1.82) is 0 Å². The minimum Gasteiger partial charge on any atom is -0.377 e. The highest BCUT2D eigenvalue weighted by Crippen LogP contribution is 2.32. The van der Waals surface area contributed by atoms with Crippen molar-refractivity contribution in [2.75, 3.05) is 11.9 Å². The number of nitrogens with one attached hydrogen (secondary N) is 1. The molecule has 0 bridgehead atoms. The maximum Gasteiger partial charge on any atom is 0.0650 e. The largest absolute Gasteiger partial charge is 0.377 e. The van der Waals surface area contributed by atoms with E-state index >= 15 is 0 Å². The van der Waals surface area contributed by atoms with Gasteiger partial charge in [0, 0.05) is 21.4 Å². The maximum atomic E-state index is 6.01. The molecule has 0 aliphatic carbocycles. The van der Waals surface area contributed by atoms with Gasteiger partial charge in [-0.15, -0.1) is 11.3 Å². The second-order valence-corrected chi connectivity index (χ2v) is 6.96. The second-order valence-electron chi connectivity index (χ2n) is 5.14. The van der Waals surface area contributed by atoms with E-state index in [9.17, 15) is 0 Å². The monoisotopic (exact) mass is 360 g/mol. The molecule has 1 heterocycles. The fourth-order valence-electron chi connectivity index (χ4n) is 2.55. The van der Waals surface area contributed by atoms with E-state index in [1.807, 2.05) is 0 Å². The van der Waals surface area contributed by atoms with E-state index in [2.05, 4.69) is 76.0 Å². The van der Waals surface area contributed by atoms with Crippen LogP contribution in [0.2, 0.25) is 0 Å². The summed E-state index contributed by atoms with van der Waals surface area (Å²) < 4.78 is 2.38. The Morgan fingerprint density at radius 2 is 2.05 bits per heavy atom. The smallest absolute Gasteiger partial charge is 0.0650 e. The fraction of sp³-hybridized carbons (Fsp3) is 0.176. The van der Waals surface area contributed by atoms with E-state index in [0.717, 1.165) is 10.2 Å². The number of aryl methyl sites for hydroxylation is 1. The molecule has 0 fully saturated rings. The molecule has 4 heteroatoms. The van der Waals surface area contributed by atoms with Crippen LogP contribution in [-0.4, -0.2) is 6.54 Å². The summed E-state index contributed by atoms with van der Waals surface area (Å²) in [6, 6.07) is 14.9. The molecular weight excluding hydrogens is 344 g/mol. The lowest BCUT2D eigenvalue weighted by Crippen LogP contribution is -2.20. The van der Waals surface area contributed by atoms with Crippen LogP contribution in [0.1, 0.15) is 17.2 Å². The summed E-state index contributed by atoms with van der Waals surface area (Å²) >= 11 is 5.31. The van der Waals surface area contributed by atoms with Crippen LogP contribution >= 0.6 is 27.3 Å². The highest BCUT2D eigenvalue weighted by Gasteiger charge is 2.14. The molecule has 3 N–H and O–H groups in total. The van der Waals surface area contributed by atoms with Crippen molar-refractivity contribution in [3.63, 3.8) is 0 Å². The van der Waals surface area contributed by atoms with Gasteiger partial charge in [-0.25, -0.2) is 0 Å². The minimum atomic E-state index is 0.120. The van der Waals surface area contributed by atoms with E-state index in [0.29, 0.717) is 6.54 Å². The van der Waals surface area contributed by atoms with Gasteiger partial charge in [0.05, 0.1) is 6.04 Å². The van der Waals surface area contributed by atoms with Gasteiger partial charge < -0.3 is 11.1 Å². The summed E-state index contributed by atoms with van der Waals surface area (Å²) in [4.78, 5) is 0. The number of anilines is 1. The van der Waals surface area contributed by atoms with Crippen molar-refractivity contribution in [3.8, 4) is 0 Å². The van der Waals surface area contributed by atoms with Crippen molar-refractivity contribution >= 4 is 43.0 Å². The summed E-state index contributed by atoms with van der Waals surface area (Å²) in [5, 5.41) is 7.05. The van der Waals surface area contributed by atoms with E-state index in [-0.39, 0.29) is 6.04 Å². The number of fused-ring (bicyclic) bond motifs is 1. The van der Waals surface area contributed by atoms with Crippen LogP contribution in [0.3, 0.4) is 0 Å². The van der Waals surface area contributed by atoms with E-state index < -0.39 is 0 Å². The van der Waals surface area contributed by atoms with Crippen molar-refractivity contribution in [3.05, 3.63) is 63.4 Å². The first-order valence-corrected chi connectivity index (χ1v) is 8.54. The lowest BCUT2D eigenvalue weighted by atomic mass is 10.1. The second kappa shape index (κ2) is 6.18. The van der Waals surface area contributed by atoms with Gasteiger partial charge in [0.1, 0.15) is 0 Å². The Labute approximate surface area is 137 Å². The fourth-order valence-corrected chi connectivity index (χ4v) is 4.18. The van der Waals surface area contributed by atoms with Gasteiger partial charge in [-0.05, 0) is 53.1 Å². The Balaban J connectivity index is 1.95. The molecule has 0 amide bonds. The van der Waals surface area contributed by atoms with Crippen LogP contribution in [0.4, 0.5) is 5.69 Å². The molecule has 0 saturated carbocycles. The maximum absolute atomic E-state index is 6.01. The van der Waals surface area contributed by atoms with Crippen LogP contribution in [0.5, 0.6) is 0 Å². The first-order valence-electron chi connectivity index (χ1n) is 6.87. The van der Waals surface area contributed by atoms with Crippen LogP contribution in [-0.2, 0) is 0 Å². The van der Waals surface area contributed by atoms with Gasteiger partial charge in [-0.1, -0.05) is 34.1 Å². The van der Waals surface area contributed by atoms with Gasteiger partial charge >= 0.3 is 0 Å². The van der Waals surface area contributed by atoms with Gasteiger partial charge in [0.25, 0.3) is 0 Å². The molecule has 21 heavy (non-hydrogen) atoms. The third-order valence-corrected chi connectivity index (χ3v) is 4.94. The van der Waals surface area contributed by atoms with Gasteiger partial charge in [-0.2, -0.15) is 0 Å². The molecule has 3 aromatic rings. The number of hydrogen-bond acceptors (Lipinski definition) is 3. The normalized spacial score (nSPS) is 12.5. The Morgan fingerprint density at radius 1 is 1.24 bits per heavy atom. The van der Waals surface area contributed by atoms with Crippen LogP contribution in [0, 0.1) is 6.92 Å². The van der Waals surface area contributed by atoms with E-state index in [4.69, 9.17) is 5.73 Å². The van der Waals surface area contributed by atoms with Crippen molar-refractivity contribution in [2.45, 2.75) is 13.0 Å². The Hall–Kier alpha value is -1.36. The third kappa shape index (κ3) is 3.12. The molecule has 0 aliphatic rings. The molecule has 1 aromatic heterocycles. The van der Waals surface area contributed by atoms with Gasteiger partial charge in [0.2, 0.25) is 0 Å². The summed E-state index contributed by atoms with van der Waals surface area (Å²) in [6.45, 7) is 2.65. The molecule has 1 atom stereocenters. The average molecular weight is 361 g/mol. The summed E-state index contributed by atoms with van der Waals surface area (Å²) in [5.74, 6) is 0. The molecule has 3 rings (SSSR count). The topological polar surface area (TPSA) is 38.0 Å². The number of thiophene rings is 1. The number of nitrogens with two attached hydrogens (primary N) is 1.